The lowest BCUT2D eigenvalue weighted by Crippen LogP contribution is -2.32. The van der Waals surface area contributed by atoms with Crippen LogP contribution in [0.3, 0.4) is 0 Å². The van der Waals surface area contributed by atoms with Crippen molar-refractivity contribution in [1.82, 2.24) is 5.43 Å². The van der Waals surface area contributed by atoms with Crippen LogP contribution in [0.5, 0.6) is 0 Å². The number of carbonyl (C=O) groups is 2. The third-order valence-electron chi connectivity index (χ3n) is 3.10. The number of nitrogens with zero attached hydrogens (tertiary/aromatic N) is 1. The zero-order chi connectivity index (χ0) is 20.2. The second kappa shape index (κ2) is 8.60. The summed E-state index contributed by atoms with van der Waals surface area (Å²) >= 11 is 17.5. The van der Waals surface area contributed by atoms with Crippen LogP contribution in [0, 0.1) is 0 Å². The average molecular weight is 439 g/mol. The second-order valence-electron chi connectivity index (χ2n) is 4.99. The fourth-order valence-corrected chi connectivity index (χ4v) is 2.33. The largest absolute Gasteiger partial charge is 0.416 e. The fourth-order valence-electron chi connectivity index (χ4n) is 1.81. The van der Waals surface area contributed by atoms with E-state index in [1.807, 2.05) is 10.7 Å². The maximum atomic E-state index is 12.7. The molecule has 0 aromatic heterocycles. The van der Waals surface area contributed by atoms with Crippen LogP contribution < -0.4 is 10.7 Å². The molecule has 0 saturated heterocycles. The fraction of sp³-hybridized carbons (Fsp3) is 0.0625. The number of amides is 2. The van der Waals surface area contributed by atoms with Crippen molar-refractivity contribution in [3.05, 3.63) is 62.6 Å². The van der Waals surface area contributed by atoms with Crippen molar-refractivity contribution in [3.63, 3.8) is 0 Å². The molecule has 0 spiro atoms. The first-order valence-corrected chi connectivity index (χ1v) is 8.18. The van der Waals surface area contributed by atoms with Gasteiger partial charge in [0.05, 0.1) is 32.5 Å². The Kier molecular flexibility index (Phi) is 6.69. The SMILES string of the molecule is O=C(NN=Cc1cccc(Cl)c1Cl)C(=O)Nc1cc(C(F)(F)F)ccc1Cl. The Hall–Kier alpha value is -2.29. The number of benzene rings is 2. The first-order chi connectivity index (χ1) is 12.6. The number of anilines is 1. The van der Waals surface area contributed by atoms with Gasteiger partial charge < -0.3 is 5.32 Å². The molecule has 2 aromatic rings. The highest BCUT2D eigenvalue weighted by atomic mass is 35.5. The predicted molar refractivity (Wildman–Crippen MR) is 97.3 cm³/mol. The molecule has 11 heteroatoms. The van der Waals surface area contributed by atoms with Crippen LogP contribution in [0.25, 0.3) is 0 Å². The molecule has 0 bridgehead atoms. The van der Waals surface area contributed by atoms with Crippen LogP contribution in [0.4, 0.5) is 18.9 Å². The summed E-state index contributed by atoms with van der Waals surface area (Å²) in [6.07, 6.45) is -3.48. The summed E-state index contributed by atoms with van der Waals surface area (Å²) in [4.78, 5) is 23.5. The van der Waals surface area contributed by atoms with E-state index in [1.54, 1.807) is 18.2 Å². The van der Waals surface area contributed by atoms with E-state index in [0.29, 0.717) is 11.6 Å². The van der Waals surface area contributed by atoms with Crippen molar-refractivity contribution in [1.29, 1.82) is 0 Å². The minimum absolute atomic E-state index is 0.168. The third kappa shape index (κ3) is 5.59. The van der Waals surface area contributed by atoms with E-state index >= 15 is 0 Å². The number of rotatable bonds is 3. The molecule has 5 nitrogen and oxygen atoms in total. The zero-order valence-corrected chi connectivity index (χ0v) is 15.3. The summed E-state index contributed by atoms with van der Waals surface area (Å²) in [6.45, 7) is 0. The van der Waals surface area contributed by atoms with Crippen molar-refractivity contribution in [3.8, 4) is 0 Å². The zero-order valence-electron chi connectivity index (χ0n) is 13.1. The molecule has 0 aliphatic rings. The van der Waals surface area contributed by atoms with E-state index in [4.69, 9.17) is 34.8 Å². The average Bonchev–Trinajstić information content (AvgIpc) is 2.59. The lowest BCUT2D eigenvalue weighted by atomic mass is 10.2. The van der Waals surface area contributed by atoms with Gasteiger partial charge >= 0.3 is 18.0 Å². The molecule has 0 heterocycles. The summed E-state index contributed by atoms with van der Waals surface area (Å²) < 4.78 is 38.1. The van der Waals surface area contributed by atoms with Crippen molar-refractivity contribution >= 4 is 58.5 Å². The number of nitrogens with one attached hydrogen (secondary N) is 2. The lowest BCUT2D eigenvalue weighted by Gasteiger charge is -2.11. The molecule has 2 N–H and O–H groups in total. The van der Waals surface area contributed by atoms with Gasteiger partial charge in [0.25, 0.3) is 0 Å². The molecule has 0 fully saturated rings. The number of alkyl halides is 3. The first-order valence-electron chi connectivity index (χ1n) is 7.04. The minimum Gasteiger partial charge on any atom is -0.316 e. The number of hydrazone groups is 1. The van der Waals surface area contributed by atoms with Crippen LogP contribution >= 0.6 is 34.8 Å². The number of hydrogen-bond donors (Lipinski definition) is 2. The van der Waals surface area contributed by atoms with Gasteiger partial charge in [0.1, 0.15) is 0 Å². The van der Waals surface area contributed by atoms with Gasteiger partial charge in [-0.05, 0) is 24.3 Å². The Morgan fingerprint density at radius 2 is 1.70 bits per heavy atom. The minimum atomic E-state index is -4.63. The van der Waals surface area contributed by atoms with Crippen LogP contribution in [0.15, 0.2) is 41.5 Å². The number of hydrogen-bond acceptors (Lipinski definition) is 3. The first kappa shape index (κ1) is 21.0. The van der Waals surface area contributed by atoms with Gasteiger partial charge in [-0.1, -0.05) is 46.9 Å². The highest BCUT2D eigenvalue weighted by Gasteiger charge is 2.31. The molecule has 2 amide bonds. The highest BCUT2D eigenvalue weighted by molar-refractivity contribution is 6.43. The molecule has 0 radical (unpaired) electrons. The number of halogens is 6. The van der Waals surface area contributed by atoms with Crippen molar-refractivity contribution in [2.24, 2.45) is 5.10 Å². The topological polar surface area (TPSA) is 70.6 Å². The Balaban J connectivity index is 2.05. The number of carbonyl (C=O) groups excluding carboxylic acids is 2. The van der Waals surface area contributed by atoms with Gasteiger partial charge in [-0.15, -0.1) is 0 Å². The summed E-state index contributed by atoms with van der Waals surface area (Å²) in [6, 6.07) is 7.02. The van der Waals surface area contributed by atoms with Crippen molar-refractivity contribution in [2.45, 2.75) is 6.18 Å². The van der Waals surface area contributed by atoms with E-state index in [2.05, 4.69) is 5.10 Å². The molecule has 2 aromatic carbocycles. The lowest BCUT2D eigenvalue weighted by molar-refractivity contribution is -0.137. The third-order valence-corrected chi connectivity index (χ3v) is 4.26. The molecule has 0 unspecified atom stereocenters. The molecule has 0 saturated carbocycles. The van der Waals surface area contributed by atoms with Gasteiger partial charge in [-0.3, -0.25) is 9.59 Å². The van der Waals surface area contributed by atoms with E-state index < -0.39 is 23.6 Å². The van der Waals surface area contributed by atoms with E-state index in [0.717, 1.165) is 18.3 Å². The Morgan fingerprint density at radius 3 is 2.37 bits per heavy atom. The van der Waals surface area contributed by atoms with Crippen molar-refractivity contribution < 1.29 is 22.8 Å². The van der Waals surface area contributed by atoms with Gasteiger partial charge in [0.2, 0.25) is 0 Å². The summed E-state index contributed by atoms with van der Waals surface area (Å²) in [7, 11) is 0. The monoisotopic (exact) mass is 437 g/mol. The Bertz CT molecular complexity index is 918. The molecular weight excluding hydrogens is 430 g/mol. The Labute approximate surface area is 166 Å². The second-order valence-corrected chi connectivity index (χ2v) is 6.18. The van der Waals surface area contributed by atoms with Gasteiger partial charge in [-0.25, -0.2) is 5.43 Å². The summed E-state index contributed by atoms with van der Waals surface area (Å²) in [5.41, 5.74) is 0.896. The maximum absolute atomic E-state index is 12.7. The van der Waals surface area contributed by atoms with Crippen LogP contribution in [0.2, 0.25) is 15.1 Å². The normalized spacial score (nSPS) is 11.5. The smallest absolute Gasteiger partial charge is 0.316 e. The predicted octanol–water partition coefficient (Wildman–Crippen LogP) is 4.75. The Morgan fingerprint density at radius 1 is 1.00 bits per heavy atom. The van der Waals surface area contributed by atoms with Crippen LogP contribution in [-0.2, 0) is 15.8 Å². The molecule has 0 aliphatic heterocycles. The summed E-state index contributed by atoms with van der Waals surface area (Å²) in [5.74, 6) is -2.48. The van der Waals surface area contributed by atoms with E-state index in [1.165, 1.54) is 0 Å². The van der Waals surface area contributed by atoms with Crippen molar-refractivity contribution in [2.75, 3.05) is 5.32 Å². The van der Waals surface area contributed by atoms with Gasteiger partial charge in [0.15, 0.2) is 0 Å². The molecule has 142 valence electrons. The van der Waals surface area contributed by atoms with Crippen LogP contribution in [-0.4, -0.2) is 18.0 Å². The van der Waals surface area contributed by atoms with E-state index in [9.17, 15) is 22.8 Å². The summed E-state index contributed by atoms with van der Waals surface area (Å²) in [5, 5.41) is 5.82. The highest BCUT2D eigenvalue weighted by Crippen LogP contribution is 2.33. The molecule has 2 rings (SSSR count). The van der Waals surface area contributed by atoms with Gasteiger partial charge in [-0.2, -0.15) is 18.3 Å². The standard InChI is InChI=1S/C16H9Cl3F3N3O2/c17-10-5-4-9(16(20,21)22)6-12(10)24-14(26)15(27)25-23-7-8-2-1-3-11(18)13(8)19/h1-7H,(H,24,26)(H,25,27). The molecule has 0 atom stereocenters. The van der Waals surface area contributed by atoms with E-state index in [-0.39, 0.29) is 20.8 Å². The van der Waals surface area contributed by atoms with Crippen LogP contribution in [0.1, 0.15) is 11.1 Å². The van der Waals surface area contributed by atoms with Gasteiger partial charge in [0, 0.05) is 5.56 Å². The molecular formula is C16H9Cl3F3N3O2. The molecule has 0 aliphatic carbocycles. The molecule has 27 heavy (non-hydrogen) atoms. The maximum Gasteiger partial charge on any atom is 0.416 e. The quantitative estimate of drug-likeness (QED) is 0.412.